The zero-order valence-electron chi connectivity index (χ0n) is 19.4. The van der Waals surface area contributed by atoms with Gasteiger partial charge in [-0.05, 0) is 68.3 Å². The average molecular weight is 469 g/mol. The number of rotatable bonds is 8. The SMILES string of the molecule is COc1ccc(NC(=O)CN(c2ccc(C)c(C)c2)S(=O)(=O)c2ccc(C)cc2)cc1OC. The van der Waals surface area contributed by atoms with Gasteiger partial charge in [0.2, 0.25) is 5.91 Å². The second-order valence-corrected chi connectivity index (χ2v) is 9.57. The van der Waals surface area contributed by atoms with Crippen molar-refractivity contribution in [2.45, 2.75) is 25.7 Å². The highest BCUT2D eigenvalue weighted by Gasteiger charge is 2.27. The van der Waals surface area contributed by atoms with Crippen molar-refractivity contribution in [1.82, 2.24) is 0 Å². The minimum atomic E-state index is -3.98. The Hall–Kier alpha value is -3.52. The molecule has 174 valence electrons. The van der Waals surface area contributed by atoms with Crippen LogP contribution < -0.4 is 19.1 Å². The fourth-order valence-electron chi connectivity index (χ4n) is 3.28. The number of sulfonamides is 1. The molecule has 0 unspecified atom stereocenters. The fourth-order valence-corrected chi connectivity index (χ4v) is 4.69. The van der Waals surface area contributed by atoms with Crippen molar-refractivity contribution in [2.75, 3.05) is 30.4 Å². The van der Waals surface area contributed by atoms with E-state index >= 15 is 0 Å². The van der Waals surface area contributed by atoms with E-state index in [1.165, 1.54) is 14.2 Å². The molecule has 7 nitrogen and oxygen atoms in total. The first-order valence-electron chi connectivity index (χ1n) is 10.3. The molecule has 33 heavy (non-hydrogen) atoms. The Morgan fingerprint density at radius 1 is 0.848 bits per heavy atom. The van der Waals surface area contributed by atoms with Gasteiger partial charge in [0.1, 0.15) is 6.54 Å². The zero-order valence-corrected chi connectivity index (χ0v) is 20.2. The van der Waals surface area contributed by atoms with Gasteiger partial charge >= 0.3 is 0 Å². The largest absolute Gasteiger partial charge is 0.493 e. The highest BCUT2D eigenvalue weighted by atomic mass is 32.2. The third kappa shape index (κ3) is 5.46. The van der Waals surface area contributed by atoms with Gasteiger partial charge in [-0.15, -0.1) is 0 Å². The van der Waals surface area contributed by atoms with Crippen LogP contribution >= 0.6 is 0 Å². The quantitative estimate of drug-likeness (QED) is 0.528. The third-order valence-corrected chi connectivity index (χ3v) is 7.13. The van der Waals surface area contributed by atoms with Crippen LogP contribution in [-0.2, 0) is 14.8 Å². The lowest BCUT2D eigenvalue weighted by Crippen LogP contribution is -2.38. The minimum absolute atomic E-state index is 0.116. The van der Waals surface area contributed by atoms with Gasteiger partial charge in [-0.1, -0.05) is 23.8 Å². The Morgan fingerprint density at radius 2 is 1.52 bits per heavy atom. The van der Waals surface area contributed by atoms with E-state index in [1.807, 2.05) is 26.8 Å². The standard InChI is InChI=1S/C25H28N2O5S/c1-17-6-11-22(12-7-17)33(29,30)27(21-10-8-18(2)19(3)14-21)16-25(28)26-20-9-13-23(31-4)24(15-20)32-5/h6-15H,16H2,1-5H3,(H,26,28). The number of carbonyl (C=O) groups is 1. The summed E-state index contributed by atoms with van der Waals surface area (Å²) in [5.74, 6) is 0.485. The Labute approximate surface area is 195 Å². The van der Waals surface area contributed by atoms with E-state index in [4.69, 9.17) is 9.47 Å². The molecule has 0 aliphatic rings. The first-order chi connectivity index (χ1) is 15.6. The number of benzene rings is 3. The number of carbonyl (C=O) groups excluding carboxylic acids is 1. The van der Waals surface area contributed by atoms with Gasteiger partial charge in [-0.3, -0.25) is 9.10 Å². The first-order valence-corrected chi connectivity index (χ1v) is 11.8. The lowest BCUT2D eigenvalue weighted by atomic mass is 10.1. The minimum Gasteiger partial charge on any atom is -0.493 e. The molecule has 3 aromatic carbocycles. The Morgan fingerprint density at radius 3 is 2.12 bits per heavy atom. The average Bonchev–Trinajstić information content (AvgIpc) is 2.79. The van der Waals surface area contributed by atoms with Crippen LogP contribution in [0.3, 0.4) is 0 Å². The van der Waals surface area contributed by atoms with Gasteiger partial charge in [0.05, 0.1) is 24.8 Å². The van der Waals surface area contributed by atoms with E-state index in [1.54, 1.807) is 54.6 Å². The number of anilines is 2. The summed E-state index contributed by atoms with van der Waals surface area (Å²) in [6.07, 6.45) is 0. The highest BCUT2D eigenvalue weighted by Crippen LogP contribution is 2.30. The van der Waals surface area contributed by atoms with Gasteiger partial charge in [0.15, 0.2) is 11.5 Å². The van der Waals surface area contributed by atoms with Gasteiger partial charge < -0.3 is 14.8 Å². The van der Waals surface area contributed by atoms with Crippen LogP contribution in [0.15, 0.2) is 65.6 Å². The number of nitrogens with zero attached hydrogens (tertiary/aromatic N) is 1. The Balaban J connectivity index is 1.95. The molecule has 0 saturated heterocycles. The molecule has 0 aromatic heterocycles. The molecule has 8 heteroatoms. The summed E-state index contributed by atoms with van der Waals surface area (Å²) in [5, 5.41) is 2.75. The van der Waals surface area contributed by atoms with E-state index in [9.17, 15) is 13.2 Å². The van der Waals surface area contributed by atoms with Gasteiger partial charge in [-0.25, -0.2) is 8.42 Å². The maximum absolute atomic E-state index is 13.5. The Bertz CT molecular complexity index is 1250. The van der Waals surface area contributed by atoms with Crippen LogP contribution in [0.4, 0.5) is 11.4 Å². The third-order valence-electron chi connectivity index (χ3n) is 5.34. The second kappa shape index (κ2) is 9.95. The molecule has 0 spiro atoms. The van der Waals surface area contributed by atoms with Crippen molar-refractivity contribution < 1.29 is 22.7 Å². The summed E-state index contributed by atoms with van der Waals surface area (Å²) >= 11 is 0. The van der Waals surface area contributed by atoms with Crippen LogP contribution in [-0.4, -0.2) is 35.1 Å². The molecule has 0 radical (unpaired) electrons. The first kappa shape index (κ1) is 24.1. The highest BCUT2D eigenvalue weighted by molar-refractivity contribution is 7.92. The van der Waals surface area contributed by atoms with Crippen molar-refractivity contribution in [1.29, 1.82) is 0 Å². The van der Waals surface area contributed by atoms with E-state index in [-0.39, 0.29) is 4.90 Å². The zero-order chi connectivity index (χ0) is 24.2. The lowest BCUT2D eigenvalue weighted by Gasteiger charge is -2.25. The van der Waals surface area contributed by atoms with Crippen molar-refractivity contribution in [3.8, 4) is 11.5 Å². The summed E-state index contributed by atoms with van der Waals surface area (Å²) in [7, 11) is -0.963. The molecule has 3 rings (SSSR count). The molecular formula is C25H28N2O5S. The fraction of sp³-hybridized carbons (Fsp3) is 0.240. The topological polar surface area (TPSA) is 84.9 Å². The van der Waals surface area contributed by atoms with Crippen LogP contribution in [0.25, 0.3) is 0 Å². The maximum Gasteiger partial charge on any atom is 0.264 e. The summed E-state index contributed by atoms with van der Waals surface area (Å²) in [5.41, 5.74) is 3.78. The number of hydrogen-bond acceptors (Lipinski definition) is 5. The smallest absolute Gasteiger partial charge is 0.264 e. The van der Waals surface area contributed by atoms with E-state index in [2.05, 4.69) is 5.32 Å². The van der Waals surface area contributed by atoms with Gasteiger partial charge in [-0.2, -0.15) is 0 Å². The van der Waals surface area contributed by atoms with Crippen LogP contribution in [0, 0.1) is 20.8 Å². The van der Waals surface area contributed by atoms with Gasteiger partial charge in [0, 0.05) is 11.8 Å². The van der Waals surface area contributed by atoms with Crippen LogP contribution in [0.1, 0.15) is 16.7 Å². The number of aryl methyl sites for hydroxylation is 3. The van der Waals surface area contributed by atoms with E-state index in [0.29, 0.717) is 22.9 Å². The van der Waals surface area contributed by atoms with Crippen molar-refractivity contribution in [3.05, 3.63) is 77.4 Å². The predicted molar refractivity (Wildman–Crippen MR) is 130 cm³/mol. The van der Waals surface area contributed by atoms with E-state index in [0.717, 1.165) is 21.0 Å². The van der Waals surface area contributed by atoms with E-state index < -0.39 is 22.5 Å². The lowest BCUT2D eigenvalue weighted by molar-refractivity contribution is -0.114. The molecule has 3 aromatic rings. The van der Waals surface area contributed by atoms with Gasteiger partial charge in [0.25, 0.3) is 10.0 Å². The van der Waals surface area contributed by atoms with Crippen LogP contribution in [0.5, 0.6) is 11.5 Å². The number of nitrogens with one attached hydrogen (secondary N) is 1. The Kier molecular flexibility index (Phi) is 7.28. The maximum atomic E-state index is 13.5. The summed E-state index contributed by atoms with van der Waals surface area (Å²) in [6.45, 7) is 5.34. The molecule has 0 fully saturated rings. The molecule has 0 aliphatic heterocycles. The van der Waals surface area contributed by atoms with Crippen molar-refractivity contribution >= 4 is 27.3 Å². The van der Waals surface area contributed by atoms with Crippen molar-refractivity contribution in [3.63, 3.8) is 0 Å². The summed E-state index contributed by atoms with van der Waals surface area (Å²) in [6, 6.07) is 16.8. The number of amides is 1. The molecule has 0 atom stereocenters. The monoisotopic (exact) mass is 468 g/mol. The predicted octanol–water partition coefficient (Wildman–Crippen LogP) is 4.46. The number of hydrogen-bond donors (Lipinski definition) is 1. The molecular weight excluding hydrogens is 440 g/mol. The normalized spacial score (nSPS) is 11.1. The molecule has 0 saturated carbocycles. The van der Waals surface area contributed by atoms with Crippen molar-refractivity contribution in [2.24, 2.45) is 0 Å². The number of methoxy groups -OCH3 is 2. The molecule has 1 amide bonds. The van der Waals surface area contributed by atoms with Crippen LogP contribution in [0.2, 0.25) is 0 Å². The molecule has 0 heterocycles. The molecule has 0 aliphatic carbocycles. The molecule has 0 bridgehead atoms. The summed E-state index contributed by atoms with van der Waals surface area (Å²) < 4.78 is 38.7. The second-order valence-electron chi connectivity index (χ2n) is 7.71. The summed E-state index contributed by atoms with van der Waals surface area (Å²) in [4.78, 5) is 13.1. The molecule has 1 N–H and O–H groups in total. The number of ether oxygens (including phenoxy) is 2.